The van der Waals surface area contributed by atoms with Crippen LogP contribution in [0.2, 0.25) is 0 Å². The third kappa shape index (κ3) is 4.18. The van der Waals surface area contributed by atoms with E-state index in [1.165, 1.54) is 49.0 Å². The van der Waals surface area contributed by atoms with E-state index in [-0.39, 0.29) is 0 Å². The lowest BCUT2D eigenvalue weighted by Gasteiger charge is -2.32. The lowest BCUT2D eigenvalue weighted by molar-refractivity contribution is 0.177. The van der Waals surface area contributed by atoms with Crippen molar-refractivity contribution in [2.45, 2.75) is 32.7 Å². The van der Waals surface area contributed by atoms with Gasteiger partial charge in [-0.3, -0.25) is 4.90 Å². The molecular formula is C20H25N. The summed E-state index contributed by atoms with van der Waals surface area (Å²) >= 11 is 0. The van der Waals surface area contributed by atoms with E-state index in [0.717, 1.165) is 12.5 Å². The van der Waals surface area contributed by atoms with E-state index in [9.17, 15) is 0 Å². The summed E-state index contributed by atoms with van der Waals surface area (Å²) in [7, 11) is 0. The molecule has 1 aliphatic heterocycles. The molecule has 0 unspecified atom stereocenters. The third-order valence-electron chi connectivity index (χ3n) is 4.56. The normalized spacial score (nSPS) is 17.0. The van der Waals surface area contributed by atoms with E-state index < -0.39 is 0 Å². The van der Waals surface area contributed by atoms with Crippen LogP contribution in [-0.2, 0) is 13.0 Å². The molecule has 0 atom stereocenters. The Hall–Kier alpha value is -1.60. The first kappa shape index (κ1) is 14.3. The number of rotatable bonds is 4. The molecule has 21 heavy (non-hydrogen) atoms. The van der Waals surface area contributed by atoms with Crippen molar-refractivity contribution in [3.63, 3.8) is 0 Å². The lowest BCUT2D eigenvalue weighted by Crippen LogP contribution is -2.33. The van der Waals surface area contributed by atoms with Crippen LogP contribution in [0, 0.1) is 12.8 Å². The van der Waals surface area contributed by atoms with Crippen molar-refractivity contribution in [1.82, 2.24) is 4.90 Å². The molecule has 110 valence electrons. The Balaban J connectivity index is 1.49. The van der Waals surface area contributed by atoms with E-state index >= 15 is 0 Å². The van der Waals surface area contributed by atoms with E-state index in [0.29, 0.717) is 0 Å². The van der Waals surface area contributed by atoms with Gasteiger partial charge in [-0.1, -0.05) is 60.2 Å². The van der Waals surface area contributed by atoms with Crippen LogP contribution >= 0.6 is 0 Å². The van der Waals surface area contributed by atoms with Gasteiger partial charge >= 0.3 is 0 Å². The van der Waals surface area contributed by atoms with Crippen molar-refractivity contribution in [2.24, 2.45) is 5.92 Å². The topological polar surface area (TPSA) is 3.24 Å². The number of piperidine rings is 1. The number of hydrogen-bond acceptors (Lipinski definition) is 1. The molecule has 2 aromatic carbocycles. The van der Waals surface area contributed by atoms with Crippen molar-refractivity contribution in [3.05, 3.63) is 71.3 Å². The Kier molecular flexibility index (Phi) is 4.72. The van der Waals surface area contributed by atoms with E-state index in [4.69, 9.17) is 0 Å². The van der Waals surface area contributed by atoms with Crippen molar-refractivity contribution < 1.29 is 0 Å². The molecule has 1 saturated heterocycles. The Bertz CT molecular complexity index is 553. The molecule has 0 N–H and O–H groups in total. The van der Waals surface area contributed by atoms with E-state index in [2.05, 4.69) is 66.4 Å². The van der Waals surface area contributed by atoms with Gasteiger partial charge in [0.15, 0.2) is 0 Å². The molecule has 0 aromatic heterocycles. The first-order chi connectivity index (χ1) is 10.3. The average molecular weight is 279 g/mol. The molecule has 0 saturated carbocycles. The van der Waals surface area contributed by atoms with Crippen molar-refractivity contribution in [1.29, 1.82) is 0 Å². The van der Waals surface area contributed by atoms with Gasteiger partial charge in [0.25, 0.3) is 0 Å². The average Bonchev–Trinajstić information content (AvgIpc) is 2.50. The van der Waals surface area contributed by atoms with Gasteiger partial charge < -0.3 is 0 Å². The highest BCUT2D eigenvalue weighted by Crippen LogP contribution is 2.22. The van der Waals surface area contributed by atoms with Crippen molar-refractivity contribution in [3.8, 4) is 0 Å². The minimum absolute atomic E-state index is 0.862. The molecular weight excluding hydrogens is 254 g/mol. The van der Waals surface area contributed by atoms with E-state index in [1.807, 2.05) is 0 Å². The first-order valence-corrected chi connectivity index (χ1v) is 8.11. The number of hydrogen-bond donors (Lipinski definition) is 0. The fourth-order valence-corrected chi connectivity index (χ4v) is 3.36. The highest BCUT2D eigenvalue weighted by Gasteiger charge is 2.19. The predicted molar refractivity (Wildman–Crippen MR) is 89.3 cm³/mol. The molecule has 1 heteroatoms. The maximum Gasteiger partial charge on any atom is 0.0233 e. The summed E-state index contributed by atoms with van der Waals surface area (Å²) in [5.41, 5.74) is 4.32. The third-order valence-corrected chi connectivity index (χ3v) is 4.56. The van der Waals surface area contributed by atoms with Gasteiger partial charge in [0.05, 0.1) is 0 Å². The highest BCUT2D eigenvalue weighted by atomic mass is 15.1. The molecule has 0 radical (unpaired) electrons. The van der Waals surface area contributed by atoms with Crippen LogP contribution < -0.4 is 0 Å². The lowest BCUT2D eigenvalue weighted by atomic mass is 9.90. The van der Waals surface area contributed by atoms with Crippen LogP contribution in [0.3, 0.4) is 0 Å². The SMILES string of the molecule is Cc1cccc(CN2CCC(Cc3ccccc3)CC2)c1. The summed E-state index contributed by atoms with van der Waals surface area (Å²) in [6, 6.07) is 19.9. The molecule has 2 aromatic rings. The summed E-state index contributed by atoms with van der Waals surface area (Å²) in [6.07, 6.45) is 3.92. The van der Waals surface area contributed by atoms with Gasteiger partial charge in [-0.2, -0.15) is 0 Å². The summed E-state index contributed by atoms with van der Waals surface area (Å²) in [5, 5.41) is 0. The quantitative estimate of drug-likeness (QED) is 0.799. The minimum atomic E-state index is 0.862. The number of likely N-dealkylation sites (tertiary alicyclic amines) is 1. The summed E-state index contributed by atoms with van der Waals surface area (Å²) in [6.45, 7) is 5.77. The number of nitrogens with zero attached hydrogens (tertiary/aromatic N) is 1. The monoisotopic (exact) mass is 279 g/mol. The molecule has 1 heterocycles. The number of benzene rings is 2. The molecule has 0 aliphatic carbocycles. The second-order valence-electron chi connectivity index (χ2n) is 6.40. The fourth-order valence-electron chi connectivity index (χ4n) is 3.36. The second-order valence-corrected chi connectivity index (χ2v) is 6.40. The highest BCUT2D eigenvalue weighted by molar-refractivity contribution is 5.22. The molecule has 0 bridgehead atoms. The Morgan fingerprint density at radius 3 is 2.33 bits per heavy atom. The standard InChI is InChI=1S/C20H25N/c1-17-6-5-9-20(14-17)16-21-12-10-19(11-13-21)15-18-7-3-2-4-8-18/h2-9,14,19H,10-13,15-16H2,1H3. The van der Waals surface area contributed by atoms with Gasteiger partial charge in [0, 0.05) is 6.54 Å². The maximum atomic E-state index is 2.61. The van der Waals surface area contributed by atoms with Gasteiger partial charge in [-0.25, -0.2) is 0 Å². The van der Waals surface area contributed by atoms with Crippen LogP contribution in [0.4, 0.5) is 0 Å². The Morgan fingerprint density at radius 1 is 0.905 bits per heavy atom. The summed E-state index contributed by atoms with van der Waals surface area (Å²) < 4.78 is 0. The van der Waals surface area contributed by atoms with Crippen LogP contribution in [0.5, 0.6) is 0 Å². The smallest absolute Gasteiger partial charge is 0.0233 e. The van der Waals surface area contributed by atoms with Crippen molar-refractivity contribution >= 4 is 0 Å². The van der Waals surface area contributed by atoms with E-state index in [1.54, 1.807) is 0 Å². The second kappa shape index (κ2) is 6.91. The van der Waals surface area contributed by atoms with Gasteiger partial charge in [0.2, 0.25) is 0 Å². The predicted octanol–water partition coefficient (Wildman–Crippen LogP) is 4.45. The van der Waals surface area contributed by atoms with Crippen LogP contribution in [0.15, 0.2) is 54.6 Å². The zero-order valence-electron chi connectivity index (χ0n) is 13.0. The minimum Gasteiger partial charge on any atom is -0.299 e. The van der Waals surface area contributed by atoms with Crippen LogP contribution in [0.1, 0.15) is 29.5 Å². The molecule has 1 fully saturated rings. The zero-order chi connectivity index (χ0) is 14.5. The molecule has 3 rings (SSSR count). The Labute approximate surface area is 128 Å². The zero-order valence-corrected chi connectivity index (χ0v) is 13.0. The number of aryl methyl sites for hydroxylation is 1. The van der Waals surface area contributed by atoms with Crippen molar-refractivity contribution in [2.75, 3.05) is 13.1 Å². The molecule has 1 nitrogen and oxygen atoms in total. The molecule has 1 aliphatic rings. The van der Waals surface area contributed by atoms with Gasteiger partial charge in [-0.05, 0) is 56.3 Å². The molecule has 0 spiro atoms. The molecule has 0 amide bonds. The van der Waals surface area contributed by atoms with Crippen LogP contribution in [-0.4, -0.2) is 18.0 Å². The Morgan fingerprint density at radius 2 is 1.62 bits per heavy atom. The fraction of sp³-hybridized carbons (Fsp3) is 0.400. The summed E-state index contributed by atoms with van der Waals surface area (Å²) in [5.74, 6) is 0.862. The first-order valence-electron chi connectivity index (χ1n) is 8.11. The van der Waals surface area contributed by atoms with Crippen LogP contribution in [0.25, 0.3) is 0 Å². The van der Waals surface area contributed by atoms with Gasteiger partial charge in [0.1, 0.15) is 0 Å². The summed E-state index contributed by atoms with van der Waals surface area (Å²) in [4.78, 5) is 2.61. The van der Waals surface area contributed by atoms with Gasteiger partial charge in [-0.15, -0.1) is 0 Å². The largest absolute Gasteiger partial charge is 0.299 e. The maximum absolute atomic E-state index is 2.61.